The van der Waals surface area contributed by atoms with E-state index in [0.29, 0.717) is 12.2 Å². The van der Waals surface area contributed by atoms with Crippen molar-refractivity contribution < 1.29 is 9.53 Å². The lowest BCUT2D eigenvalue weighted by atomic mass is 9.91. The van der Waals surface area contributed by atoms with Crippen molar-refractivity contribution in [1.82, 2.24) is 4.90 Å². The van der Waals surface area contributed by atoms with E-state index >= 15 is 0 Å². The smallest absolute Gasteiger partial charge is 0.333 e. The molecule has 0 fully saturated rings. The molecule has 1 unspecified atom stereocenters. The van der Waals surface area contributed by atoms with Crippen molar-refractivity contribution in [1.29, 1.82) is 0 Å². The zero-order valence-electron chi connectivity index (χ0n) is 21.7. The summed E-state index contributed by atoms with van der Waals surface area (Å²) in [5.74, 6) is 0.512. The second kappa shape index (κ2) is 19.6. The van der Waals surface area contributed by atoms with Gasteiger partial charge in [-0.15, -0.1) is 0 Å². The minimum absolute atomic E-state index is 0.266. The van der Waals surface area contributed by atoms with Crippen LogP contribution in [0.2, 0.25) is 0 Å². The Bertz CT molecular complexity index is 651. The third kappa shape index (κ3) is 17.3. The molecule has 1 aromatic rings. The molecule has 1 aromatic carbocycles. The average molecular weight is 456 g/mol. The highest BCUT2D eigenvalue weighted by Gasteiger charge is 2.08. The molecule has 0 aliphatic rings. The van der Waals surface area contributed by atoms with Gasteiger partial charge in [0.15, 0.2) is 0 Å². The summed E-state index contributed by atoms with van der Waals surface area (Å²) < 4.78 is 5.19. The van der Waals surface area contributed by atoms with E-state index in [1.165, 1.54) is 82.7 Å². The highest BCUT2D eigenvalue weighted by atomic mass is 16.5. The number of esters is 1. The fourth-order valence-electron chi connectivity index (χ4n) is 4.09. The fraction of sp³-hybridized carbons (Fsp3) is 0.633. The second-order valence-electron chi connectivity index (χ2n) is 9.75. The van der Waals surface area contributed by atoms with E-state index in [1.54, 1.807) is 6.92 Å². The van der Waals surface area contributed by atoms with Gasteiger partial charge in [0.25, 0.3) is 0 Å². The number of benzene rings is 1. The Balaban J connectivity index is 2.25. The fourth-order valence-corrected chi connectivity index (χ4v) is 4.09. The van der Waals surface area contributed by atoms with Gasteiger partial charge in [-0.2, -0.15) is 0 Å². The number of hydrogen-bond donors (Lipinski definition) is 0. The summed E-state index contributed by atoms with van der Waals surface area (Å²) in [6, 6.07) is 10.6. The summed E-state index contributed by atoms with van der Waals surface area (Å²) in [7, 11) is 4.32. The van der Waals surface area contributed by atoms with E-state index in [2.05, 4.69) is 68.1 Å². The quantitative estimate of drug-likeness (QED) is 0.113. The van der Waals surface area contributed by atoms with Gasteiger partial charge in [-0.3, -0.25) is 0 Å². The van der Waals surface area contributed by atoms with Crippen LogP contribution >= 0.6 is 0 Å². The van der Waals surface area contributed by atoms with Crippen LogP contribution in [0, 0.1) is 5.92 Å². The summed E-state index contributed by atoms with van der Waals surface area (Å²) in [6.45, 7) is 7.05. The van der Waals surface area contributed by atoms with Gasteiger partial charge in [0.1, 0.15) is 0 Å². The van der Waals surface area contributed by atoms with Crippen molar-refractivity contribution in [3.8, 4) is 0 Å². The zero-order chi connectivity index (χ0) is 24.2. The van der Waals surface area contributed by atoms with Gasteiger partial charge in [0, 0.05) is 5.57 Å². The molecule has 1 rings (SSSR count). The predicted molar refractivity (Wildman–Crippen MR) is 143 cm³/mol. The molecule has 0 aromatic heterocycles. The Kier molecular flexibility index (Phi) is 17.3. The first-order chi connectivity index (χ1) is 16.0. The molecule has 0 aliphatic carbocycles. The first kappa shape index (κ1) is 29.2. The number of hydrogen-bond acceptors (Lipinski definition) is 3. The Morgan fingerprint density at radius 1 is 0.909 bits per heavy atom. The molecule has 0 bridgehead atoms. The van der Waals surface area contributed by atoms with Crippen LogP contribution in [0.15, 0.2) is 48.6 Å². The summed E-state index contributed by atoms with van der Waals surface area (Å²) in [5.41, 5.74) is 1.77. The van der Waals surface area contributed by atoms with Crippen molar-refractivity contribution in [2.24, 2.45) is 5.92 Å². The van der Waals surface area contributed by atoms with Crippen molar-refractivity contribution in [2.75, 3.05) is 27.2 Å². The Labute approximate surface area is 204 Å². The van der Waals surface area contributed by atoms with Crippen molar-refractivity contribution in [3.05, 3.63) is 54.1 Å². The van der Waals surface area contributed by atoms with Gasteiger partial charge in [-0.1, -0.05) is 113 Å². The Hall–Kier alpha value is -1.87. The van der Waals surface area contributed by atoms with Crippen LogP contribution in [0.3, 0.4) is 0 Å². The molecule has 0 spiro atoms. The molecule has 0 aliphatic heterocycles. The van der Waals surface area contributed by atoms with Crippen molar-refractivity contribution in [3.63, 3.8) is 0 Å². The third-order valence-electron chi connectivity index (χ3n) is 6.14. The van der Waals surface area contributed by atoms with Crippen LogP contribution in [0.1, 0.15) is 96.0 Å². The van der Waals surface area contributed by atoms with Crippen LogP contribution < -0.4 is 0 Å². The SMILES string of the molecule is C=C(C)C(=O)OCCCCCCC(CC=Cc1ccccc1)CCCCCCCCN(C)C. The molecular weight excluding hydrogens is 406 g/mol. The number of unbranched alkanes of at least 4 members (excludes halogenated alkanes) is 8. The molecule has 1 atom stereocenters. The molecule has 33 heavy (non-hydrogen) atoms. The summed E-state index contributed by atoms with van der Waals surface area (Å²) in [5, 5.41) is 0. The standard InChI is InChI=1S/C30H49NO2/c1-27(2)30(32)33-26-17-10-8-13-20-28(23-18-24-29-21-14-11-15-22-29)19-12-7-5-6-9-16-25-31(3)4/h11,14-15,18,21-22,24,28H,1,5-10,12-13,16-17,19-20,23,25-26H2,2-4H3. The van der Waals surface area contributed by atoms with Crippen molar-refractivity contribution in [2.45, 2.75) is 90.4 Å². The highest BCUT2D eigenvalue weighted by Crippen LogP contribution is 2.23. The first-order valence-electron chi connectivity index (χ1n) is 13.2. The molecule has 3 nitrogen and oxygen atoms in total. The minimum Gasteiger partial charge on any atom is -0.462 e. The van der Waals surface area contributed by atoms with Crippen molar-refractivity contribution >= 4 is 12.0 Å². The molecule has 0 saturated heterocycles. The van der Waals surface area contributed by atoms with Crippen LogP contribution in [0.4, 0.5) is 0 Å². The number of nitrogens with zero attached hydrogens (tertiary/aromatic N) is 1. The zero-order valence-corrected chi connectivity index (χ0v) is 21.7. The van der Waals surface area contributed by atoms with Crippen LogP contribution in [0.25, 0.3) is 6.08 Å². The maximum Gasteiger partial charge on any atom is 0.333 e. The number of allylic oxidation sites excluding steroid dienone is 1. The van der Waals surface area contributed by atoms with Gasteiger partial charge in [0.2, 0.25) is 0 Å². The summed E-state index contributed by atoms with van der Waals surface area (Å²) in [6.07, 6.45) is 21.2. The largest absolute Gasteiger partial charge is 0.462 e. The molecule has 0 radical (unpaired) electrons. The number of carbonyl (C=O) groups is 1. The predicted octanol–water partition coefficient (Wildman–Crippen LogP) is 8.07. The molecule has 0 N–H and O–H groups in total. The number of carbonyl (C=O) groups excluding carboxylic acids is 1. The van der Waals surface area contributed by atoms with Gasteiger partial charge in [0.05, 0.1) is 6.61 Å². The topological polar surface area (TPSA) is 29.5 Å². The van der Waals surface area contributed by atoms with Gasteiger partial charge < -0.3 is 9.64 Å². The third-order valence-corrected chi connectivity index (χ3v) is 6.14. The van der Waals surface area contributed by atoms with Crippen LogP contribution in [-0.4, -0.2) is 38.1 Å². The number of rotatable bonds is 20. The van der Waals surface area contributed by atoms with Gasteiger partial charge in [-0.25, -0.2) is 4.79 Å². The summed E-state index contributed by atoms with van der Waals surface area (Å²) >= 11 is 0. The second-order valence-corrected chi connectivity index (χ2v) is 9.75. The lowest BCUT2D eigenvalue weighted by Gasteiger charge is -2.15. The molecule has 0 heterocycles. The Morgan fingerprint density at radius 3 is 2.09 bits per heavy atom. The monoisotopic (exact) mass is 455 g/mol. The normalized spacial score (nSPS) is 12.4. The average Bonchev–Trinajstić information content (AvgIpc) is 2.79. The first-order valence-corrected chi connectivity index (χ1v) is 13.2. The molecule has 186 valence electrons. The van der Waals surface area contributed by atoms with Gasteiger partial charge in [-0.05, 0) is 58.3 Å². The van der Waals surface area contributed by atoms with Crippen LogP contribution in [0.5, 0.6) is 0 Å². The lowest BCUT2D eigenvalue weighted by molar-refractivity contribution is -0.139. The molecular formula is C30H49NO2. The van der Waals surface area contributed by atoms with E-state index < -0.39 is 0 Å². The maximum absolute atomic E-state index is 11.4. The molecule has 0 amide bonds. The Morgan fingerprint density at radius 2 is 1.48 bits per heavy atom. The summed E-state index contributed by atoms with van der Waals surface area (Å²) in [4.78, 5) is 13.7. The highest BCUT2D eigenvalue weighted by molar-refractivity contribution is 5.86. The maximum atomic E-state index is 11.4. The van der Waals surface area contributed by atoms with Crippen LogP contribution in [-0.2, 0) is 9.53 Å². The van der Waals surface area contributed by atoms with E-state index in [-0.39, 0.29) is 5.97 Å². The molecule has 3 heteroatoms. The lowest BCUT2D eigenvalue weighted by Crippen LogP contribution is -2.12. The van der Waals surface area contributed by atoms with Gasteiger partial charge >= 0.3 is 5.97 Å². The van der Waals surface area contributed by atoms with E-state index in [9.17, 15) is 4.79 Å². The number of ether oxygens (including phenoxy) is 1. The van der Waals surface area contributed by atoms with E-state index in [1.807, 2.05) is 0 Å². The van der Waals surface area contributed by atoms with E-state index in [0.717, 1.165) is 18.8 Å². The van der Waals surface area contributed by atoms with E-state index in [4.69, 9.17) is 4.74 Å². The minimum atomic E-state index is -0.266. The molecule has 0 saturated carbocycles.